The predicted molar refractivity (Wildman–Crippen MR) is 76.8 cm³/mol. The van der Waals surface area contributed by atoms with Crippen LogP contribution in [0.1, 0.15) is 18.3 Å². The van der Waals surface area contributed by atoms with E-state index in [-0.39, 0.29) is 12.4 Å². The van der Waals surface area contributed by atoms with Gasteiger partial charge in [0.05, 0.1) is 0 Å². The van der Waals surface area contributed by atoms with Gasteiger partial charge in [0.25, 0.3) is 0 Å². The first-order valence-electron chi connectivity index (χ1n) is 6.22. The monoisotopic (exact) mass is 295 g/mol. The Hall–Kier alpha value is -1.72. The third-order valence-electron chi connectivity index (χ3n) is 2.49. The van der Waals surface area contributed by atoms with Crippen molar-refractivity contribution >= 4 is 23.1 Å². The Labute approximate surface area is 122 Å². The van der Waals surface area contributed by atoms with Crippen LogP contribution in [0.2, 0.25) is 5.15 Å². The molecule has 0 radical (unpaired) electrons. The first-order valence-corrected chi connectivity index (χ1v) is 6.60. The second-order valence-electron chi connectivity index (χ2n) is 4.27. The summed E-state index contributed by atoms with van der Waals surface area (Å²) in [4.78, 5) is 8.33. The van der Waals surface area contributed by atoms with Crippen molar-refractivity contribution in [3.63, 3.8) is 0 Å². The highest BCUT2D eigenvalue weighted by Gasteiger charge is 2.05. The van der Waals surface area contributed by atoms with E-state index < -0.39 is 0 Å². The number of aromatic nitrogens is 2. The Morgan fingerprint density at radius 2 is 2.05 bits per heavy atom. The standard InChI is InChI=1S/C14H15ClFN3O/c1-3-20-8-14-18-12(15)7-13(19-14)17-11-5-9(2)4-10(16)6-11/h4-7H,3,8H2,1-2H3,(H,17,18,19). The fourth-order valence-corrected chi connectivity index (χ4v) is 1.94. The smallest absolute Gasteiger partial charge is 0.158 e. The summed E-state index contributed by atoms with van der Waals surface area (Å²) in [5, 5.41) is 3.32. The van der Waals surface area contributed by atoms with Gasteiger partial charge in [-0.1, -0.05) is 11.6 Å². The quantitative estimate of drug-likeness (QED) is 0.851. The van der Waals surface area contributed by atoms with Crippen molar-refractivity contribution in [3.05, 3.63) is 46.6 Å². The lowest BCUT2D eigenvalue weighted by Gasteiger charge is -2.09. The molecule has 0 aliphatic heterocycles. The van der Waals surface area contributed by atoms with Gasteiger partial charge in [0, 0.05) is 18.4 Å². The molecular formula is C14H15ClFN3O. The summed E-state index contributed by atoms with van der Waals surface area (Å²) in [6.07, 6.45) is 0. The molecule has 0 aliphatic carbocycles. The minimum Gasteiger partial charge on any atom is -0.374 e. The van der Waals surface area contributed by atoms with Crippen LogP contribution >= 0.6 is 11.6 Å². The van der Waals surface area contributed by atoms with E-state index in [1.807, 2.05) is 19.9 Å². The topological polar surface area (TPSA) is 47.0 Å². The van der Waals surface area contributed by atoms with Crippen LogP contribution in [0.4, 0.5) is 15.9 Å². The van der Waals surface area contributed by atoms with Crippen LogP contribution in [0.15, 0.2) is 24.3 Å². The summed E-state index contributed by atoms with van der Waals surface area (Å²) in [5.41, 5.74) is 1.43. The summed E-state index contributed by atoms with van der Waals surface area (Å²) in [6.45, 7) is 4.57. The molecule has 20 heavy (non-hydrogen) atoms. The van der Waals surface area contributed by atoms with Crippen molar-refractivity contribution in [1.82, 2.24) is 9.97 Å². The minimum atomic E-state index is -0.304. The molecule has 0 atom stereocenters. The molecule has 0 amide bonds. The molecule has 6 heteroatoms. The molecule has 0 unspecified atom stereocenters. The number of benzene rings is 1. The van der Waals surface area contributed by atoms with E-state index in [1.165, 1.54) is 12.1 Å². The fraction of sp³-hybridized carbons (Fsp3) is 0.286. The van der Waals surface area contributed by atoms with Crippen molar-refractivity contribution in [2.75, 3.05) is 11.9 Å². The zero-order valence-electron chi connectivity index (χ0n) is 11.3. The number of hydrogen-bond donors (Lipinski definition) is 1. The number of halogens is 2. The highest BCUT2D eigenvalue weighted by Crippen LogP contribution is 2.20. The molecule has 1 aromatic carbocycles. The van der Waals surface area contributed by atoms with E-state index in [9.17, 15) is 4.39 Å². The average molecular weight is 296 g/mol. The van der Waals surface area contributed by atoms with Gasteiger partial charge >= 0.3 is 0 Å². The van der Waals surface area contributed by atoms with Gasteiger partial charge in [0.15, 0.2) is 5.82 Å². The third-order valence-corrected chi connectivity index (χ3v) is 2.68. The molecule has 2 aromatic rings. The van der Waals surface area contributed by atoms with Gasteiger partial charge in [0.1, 0.15) is 23.4 Å². The van der Waals surface area contributed by atoms with Crippen molar-refractivity contribution < 1.29 is 9.13 Å². The molecule has 0 saturated heterocycles. The molecule has 1 aromatic heterocycles. The summed E-state index contributed by atoms with van der Waals surface area (Å²) in [5.74, 6) is 0.682. The molecule has 0 aliphatic rings. The van der Waals surface area contributed by atoms with Gasteiger partial charge in [-0.15, -0.1) is 0 Å². The van der Waals surface area contributed by atoms with Gasteiger partial charge in [-0.2, -0.15) is 0 Å². The summed E-state index contributed by atoms with van der Waals surface area (Å²) in [7, 11) is 0. The molecular weight excluding hydrogens is 281 g/mol. The number of nitrogens with zero attached hydrogens (tertiary/aromatic N) is 2. The summed E-state index contributed by atoms with van der Waals surface area (Å²) in [6, 6.07) is 6.25. The Balaban J connectivity index is 2.21. The molecule has 1 N–H and O–H groups in total. The maximum absolute atomic E-state index is 13.3. The van der Waals surface area contributed by atoms with Crippen LogP contribution in [0, 0.1) is 12.7 Å². The number of ether oxygens (including phenoxy) is 1. The zero-order valence-corrected chi connectivity index (χ0v) is 12.0. The first-order chi connectivity index (χ1) is 9.56. The Kier molecular flexibility index (Phi) is 4.87. The lowest BCUT2D eigenvalue weighted by molar-refractivity contribution is 0.128. The predicted octanol–water partition coefficient (Wildman–Crippen LogP) is 3.86. The van der Waals surface area contributed by atoms with Crippen molar-refractivity contribution in [3.8, 4) is 0 Å². The van der Waals surface area contributed by atoms with Gasteiger partial charge in [-0.25, -0.2) is 14.4 Å². The maximum Gasteiger partial charge on any atom is 0.158 e. The molecule has 1 heterocycles. The van der Waals surface area contributed by atoms with Crippen molar-refractivity contribution in [2.45, 2.75) is 20.5 Å². The third kappa shape index (κ3) is 4.15. The highest BCUT2D eigenvalue weighted by molar-refractivity contribution is 6.29. The van der Waals surface area contributed by atoms with E-state index >= 15 is 0 Å². The van der Waals surface area contributed by atoms with E-state index in [4.69, 9.17) is 16.3 Å². The van der Waals surface area contributed by atoms with Gasteiger partial charge in [-0.05, 0) is 37.6 Å². The first kappa shape index (κ1) is 14.7. The number of aryl methyl sites for hydroxylation is 1. The van der Waals surface area contributed by atoms with Crippen LogP contribution in [0.3, 0.4) is 0 Å². The lowest BCUT2D eigenvalue weighted by atomic mass is 10.2. The Morgan fingerprint density at radius 3 is 2.75 bits per heavy atom. The second kappa shape index (κ2) is 6.63. The minimum absolute atomic E-state index is 0.286. The SMILES string of the molecule is CCOCc1nc(Cl)cc(Nc2cc(C)cc(F)c2)n1. The Bertz CT molecular complexity index is 587. The van der Waals surface area contributed by atoms with Crippen LogP contribution in [0.25, 0.3) is 0 Å². The van der Waals surface area contributed by atoms with Crippen LogP contribution in [-0.4, -0.2) is 16.6 Å². The van der Waals surface area contributed by atoms with Crippen molar-refractivity contribution in [1.29, 1.82) is 0 Å². The number of anilines is 2. The fourth-order valence-electron chi connectivity index (χ4n) is 1.74. The lowest BCUT2D eigenvalue weighted by Crippen LogP contribution is -2.03. The molecule has 106 valence electrons. The summed E-state index contributed by atoms with van der Waals surface area (Å²) < 4.78 is 18.6. The van der Waals surface area contributed by atoms with Crippen molar-refractivity contribution in [2.24, 2.45) is 0 Å². The second-order valence-corrected chi connectivity index (χ2v) is 4.66. The molecule has 0 fully saturated rings. The number of nitrogens with one attached hydrogen (secondary N) is 1. The van der Waals surface area contributed by atoms with Gasteiger partial charge in [-0.3, -0.25) is 0 Å². The zero-order chi connectivity index (χ0) is 14.5. The molecule has 2 rings (SSSR count). The van der Waals surface area contributed by atoms with E-state index in [1.54, 1.807) is 6.07 Å². The van der Waals surface area contributed by atoms with Crippen LogP contribution < -0.4 is 5.32 Å². The Morgan fingerprint density at radius 1 is 1.25 bits per heavy atom. The highest BCUT2D eigenvalue weighted by atomic mass is 35.5. The summed E-state index contributed by atoms with van der Waals surface area (Å²) >= 11 is 5.94. The number of hydrogen-bond acceptors (Lipinski definition) is 4. The van der Waals surface area contributed by atoms with Gasteiger partial charge < -0.3 is 10.1 Å². The van der Waals surface area contributed by atoms with Crippen LogP contribution in [0.5, 0.6) is 0 Å². The van der Waals surface area contributed by atoms with E-state index in [0.29, 0.717) is 29.1 Å². The molecule has 0 spiro atoms. The van der Waals surface area contributed by atoms with Gasteiger partial charge in [0.2, 0.25) is 0 Å². The average Bonchev–Trinajstić information content (AvgIpc) is 2.34. The molecule has 0 saturated carbocycles. The molecule has 4 nitrogen and oxygen atoms in total. The number of rotatable bonds is 5. The van der Waals surface area contributed by atoms with E-state index in [2.05, 4.69) is 15.3 Å². The largest absolute Gasteiger partial charge is 0.374 e. The molecule has 0 bridgehead atoms. The normalized spacial score (nSPS) is 10.6. The maximum atomic E-state index is 13.3. The van der Waals surface area contributed by atoms with Crippen LogP contribution in [-0.2, 0) is 11.3 Å². The van der Waals surface area contributed by atoms with E-state index in [0.717, 1.165) is 5.56 Å².